The Morgan fingerprint density at radius 1 is 0.730 bits per heavy atom. The number of para-hydroxylation sites is 1. The average molecular weight is 553 g/mol. The summed E-state index contributed by atoms with van der Waals surface area (Å²) < 4.78 is 167. The monoisotopic (exact) mass is 553 g/mol. The van der Waals surface area contributed by atoms with Crippen molar-refractivity contribution in [2.24, 2.45) is 5.92 Å². The van der Waals surface area contributed by atoms with Gasteiger partial charge in [0, 0.05) is 11.1 Å². The third kappa shape index (κ3) is 4.56. The van der Waals surface area contributed by atoms with E-state index in [1.807, 2.05) is 0 Å². The fraction of sp³-hybridized carbons (Fsp3) is 0.333. The number of amides is 1. The van der Waals surface area contributed by atoms with Gasteiger partial charge in [-0.3, -0.25) is 14.5 Å². The van der Waals surface area contributed by atoms with E-state index in [0.717, 1.165) is 30.3 Å². The number of benzene rings is 2. The summed E-state index contributed by atoms with van der Waals surface area (Å²) in [6.07, 6.45) is -28.2. The fourth-order valence-electron chi connectivity index (χ4n) is 3.87. The summed E-state index contributed by atoms with van der Waals surface area (Å²) in [5.41, 5.74) is -8.86. The minimum Gasteiger partial charge on any atom is -0.436 e. The molecule has 0 N–H and O–H groups in total. The first-order valence-electron chi connectivity index (χ1n) is 9.71. The number of alkyl halides is 12. The minimum atomic E-state index is -6.38. The molecule has 0 aliphatic carbocycles. The summed E-state index contributed by atoms with van der Waals surface area (Å²) in [5, 5.41) is 0. The Bertz CT molecular complexity index is 1140. The zero-order chi connectivity index (χ0) is 28.2. The van der Waals surface area contributed by atoms with Gasteiger partial charge in [0.1, 0.15) is 0 Å². The van der Waals surface area contributed by atoms with Crippen LogP contribution in [0.4, 0.5) is 58.4 Å². The molecule has 0 aromatic heterocycles. The molecule has 0 fully saturated rings. The Kier molecular flexibility index (Phi) is 6.71. The predicted molar refractivity (Wildman–Crippen MR) is 98.6 cm³/mol. The lowest BCUT2D eigenvalue weighted by Crippen LogP contribution is -2.60. The van der Waals surface area contributed by atoms with Gasteiger partial charge in [-0.15, -0.1) is 0 Å². The van der Waals surface area contributed by atoms with Crippen LogP contribution in [0.3, 0.4) is 0 Å². The molecule has 0 saturated carbocycles. The molecule has 1 unspecified atom stereocenters. The van der Waals surface area contributed by atoms with Crippen LogP contribution in [-0.4, -0.2) is 36.6 Å². The number of rotatable bonds is 4. The molecule has 0 spiro atoms. The second kappa shape index (κ2) is 8.83. The van der Waals surface area contributed by atoms with E-state index in [1.54, 1.807) is 0 Å². The van der Waals surface area contributed by atoms with E-state index in [9.17, 15) is 62.3 Å². The summed E-state index contributed by atoms with van der Waals surface area (Å²) in [6, 6.07) is 7.29. The highest BCUT2D eigenvalue weighted by atomic mass is 19.4. The number of carbonyl (C=O) groups excluding carboxylic acids is 2. The van der Waals surface area contributed by atoms with Gasteiger partial charge < -0.3 is 4.74 Å². The zero-order valence-corrected chi connectivity index (χ0v) is 17.6. The van der Waals surface area contributed by atoms with Gasteiger partial charge in [-0.05, 0) is 6.07 Å². The molecule has 1 amide bonds. The van der Waals surface area contributed by atoms with E-state index >= 15 is 0 Å². The Labute approximate surface area is 198 Å². The highest BCUT2D eigenvalue weighted by Gasteiger charge is 2.81. The quantitative estimate of drug-likeness (QED) is 0.326. The van der Waals surface area contributed by atoms with Crippen LogP contribution in [0.1, 0.15) is 17.4 Å². The van der Waals surface area contributed by atoms with Crippen molar-refractivity contribution in [2.75, 3.05) is 4.90 Å². The molecule has 37 heavy (non-hydrogen) atoms. The first-order valence-corrected chi connectivity index (χ1v) is 9.71. The number of halogens is 12. The summed E-state index contributed by atoms with van der Waals surface area (Å²) in [6.45, 7) is 0. The summed E-state index contributed by atoms with van der Waals surface area (Å²) in [4.78, 5) is 24.7. The first kappa shape index (κ1) is 28.1. The van der Waals surface area contributed by atoms with Crippen LogP contribution in [0.5, 0.6) is 0 Å². The molecule has 1 aliphatic heterocycles. The molecule has 2 aromatic rings. The van der Waals surface area contributed by atoms with E-state index in [4.69, 9.17) is 0 Å². The van der Waals surface area contributed by atoms with Gasteiger partial charge in [-0.1, -0.05) is 48.5 Å². The molecule has 1 aliphatic rings. The topological polar surface area (TPSA) is 46.6 Å². The van der Waals surface area contributed by atoms with Crippen LogP contribution < -0.4 is 4.90 Å². The van der Waals surface area contributed by atoms with E-state index in [2.05, 4.69) is 4.74 Å². The Morgan fingerprint density at radius 3 is 1.65 bits per heavy atom. The number of hydrogen-bond acceptors (Lipinski definition) is 3. The summed E-state index contributed by atoms with van der Waals surface area (Å²) >= 11 is 0. The Balaban J connectivity index is 2.27. The van der Waals surface area contributed by atoms with Crippen LogP contribution in [-0.2, 0) is 19.7 Å². The van der Waals surface area contributed by atoms with Gasteiger partial charge in [0.2, 0.25) is 12.1 Å². The van der Waals surface area contributed by atoms with Gasteiger partial charge in [-0.2, -0.15) is 52.7 Å². The van der Waals surface area contributed by atoms with Crippen molar-refractivity contribution in [3.8, 4) is 0 Å². The van der Waals surface area contributed by atoms with Crippen molar-refractivity contribution in [3.63, 3.8) is 0 Å². The van der Waals surface area contributed by atoms with E-state index < -0.39 is 75.9 Å². The van der Waals surface area contributed by atoms with Crippen molar-refractivity contribution in [3.05, 3.63) is 65.7 Å². The van der Waals surface area contributed by atoms with Gasteiger partial charge in [-0.25, -0.2) is 0 Å². The number of carbonyl (C=O) groups is 2. The second-order valence-electron chi connectivity index (χ2n) is 7.65. The lowest BCUT2D eigenvalue weighted by atomic mass is 9.80. The molecular weight excluding hydrogens is 542 g/mol. The van der Waals surface area contributed by atoms with Gasteiger partial charge in [0.05, 0.1) is 5.69 Å². The molecule has 4 nitrogen and oxygen atoms in total. The van der Waals surface area contributed by atoms with Gasteiger partial charge >= 0.3 is 30.7 Å². The molecule has 3 rings (SSSR count). The highest BCUT2D eigenvalue weighted by molar-refractivity contribution is 6.10. The number of nitrogens with zero attached hydrogens (tertiary/aromatic N) is 1. The van der Waals surface area contributed by atoms with Crippen LogP contribution in [0.25, 0.3) is 0 Å². The highest BCUT2D eigenvalue weighted by Crippen LogP contribution is 2.60. The smallest absolute Gasteiger partial charge is 0.416 e. The van der Waals surface area contributed by atoms with Gasteiger partial charge in [0.25, 0.3) is 11.3 Å². The van der Waals surface area contributed by atoms with Crippen molar-refractivity contribution >= 4 is 17.6 Å². The molecule has 202 valence electrons. The van der Waals surface area contributed by atoms with Crippen molar-refractivity contribution in [1.82, 2.24) is 0 Å². The Hall–Kier alpha value is -3.46. The number of anilines is 1. The van der Waals surface area contributed by atoms with Crippen LogP contribution in [0.2, 0.25) is 0 Å². The third-order valence-electron chi connectivity index (χ3n) is 5.39. The van der Waals surface area contributed by atoms with E-state index in [1.165, 1.54) is 6.07 Å². The number of hydrogen-bond donors (Lipinski definition) is 0. The molecule has 1 atom stereocenters. The largest absolute Gasteiger partial charge is 0.436 e. The lowest BCUT2D eigenvalue weighted by Gasteiger charge is -2.35. The maximum Gasteiger partial charge on any atom is 0.416 e. The van der Waals surface area contributed by atoms with Crippen molar-refractivity contribution in [2.45, 2.75) is 36.3 Å². The van der Waals surface area contributed by atoms with Crippen LogP contribution in [0, 0.1) is 5.92 Å². The SMILES string of the molecule is O=C(OC(c1ccccc1)N1C(=O)C(C(F)(F)F)(C(F)(F)F)c2ccccc21)C(C(F)(F)F)C(F)(F)F. The second-order valence-corrected chi connectivity index (χ2v) is 7.65. The molecule has 0 radical (unpaired) electrons. The normalized spacial score (nSPS) is 17.1. The molecule has 16 heteroatoms. The average Bonchev–Trinajstić information content (AvgIpc) is 2.99. The van der Waals surface area contributed by atoms with Crippen molar-refractivity contribution in [1.29, 1.82) is 0 Å². The fourth-order valence-corrected chi connectivity index (χ4v) is 3.87. The Morgan fingerprint density at radius 2 is 1.19 bits per heavy atom. The molecule has 0 saturated heterocycles. The minimum absolute atomic E-state index is 0.270. The standard InChI is InChI=1S/C21H11F12NO3/c22-18(23,24)13(19(25,26)27)15(35)37-14(10-6-2-1-3-7-10)34-12-9-5-4-8-11(12)17(16(34)36,20(28,29)30)21(31,32)33/h1-9,13-14H. The zero-order valence-electron chi connectivity index (χ0n) is 17.6. The lowest BCUT2D eigenvalue weighted by molar-refractivity contribution is -0.289. The van der Waals surface area contributed by atoms with E-state index in [0.29, 0.717) is 12.1 Å². The van der Waals surface area contributed by atoms with E-state index in [-0.39, 0.29) is 6.07 Å². The maximum absolute atomic E-state index is 14.0. The molecule has 1 heterocycles. The maximum atomic E-state index is 14.0. The number of ether oxygens (including phenoxy) is 1. The van der Waals surface area contributed by atoms with Gasteiger partial charge in [0.15, 0.2) is 0 Å². The first-order chi connectivity index (χ1) is 16.8. The van der Waals surface area contributed by atoms with Crippen LogP contribution >= 0.6 is 0 Å². The molecule has 2 aromatic carbocycles. The molecule has 0 bridgehead atoms. The number of esters is 1. The summed E-state index contributed by atoms with van der Waals surface area (Å²) in [5.74, 6) is -10.8. The molecular formula is C21H11F12NO3. The summed E-state index contributed by atoms with van der Waals surface area (Å²) in [7, 11) is 0. The van der Waals surface area contributed by atoms with Crippen molar-refractivity contribution < 1.29 is 67.0 Å². The third-order valence-corrected chi connectivity index (χ3v) is 5.39. The number of fused-ring (bicyclic) bond motifs is 1. The van der Waals surface area contributed by atoms with Crippen LogP contribution in [0.15, 0.2) is 54.6 Å². The predicted octanol–water partition coefficient (Wildman–Crippen LogP) is 6.38.